The van der Waals surface area contributed by atoms with Crippen molar-refractivity contribution in [2.45, 2.75) is 33.0 Å². The molecule has 4 rings (SSSR count). The molecule has 1 N–H and O–H groups in total. The molecular weight excluding hydrogens is 460 g/mol. The van der Waals surface area contributed by atoms with Crippen molar-refractivity contribution in [1.29, 1.82) is 0 Å². The number of anilines is 1. The van der Waals surface area contributed by atoms with E-state index < -0.39 is 0 Å². The number of piperidine rings is 1. The van der Waals surface area contributed by atoms with E-state index in [1.54, 1.807) is 16.9 Å². The number of ether oxygens (including phenoxy) is 1. The maximum absolute atomic E-state index is 12.6. The van der Waals surface area contributed by atoms with E-state index in [0.717, 1.165) is 37.3 Å². The fourth-order valence-electron chi connectivity index (χ4n) is 3.81. The summed E-state index contributed by atoms with van der Waals surface area (Å²) in [5.41, 5.74) is 1.07. The molecule has 10 heteroatoms. The van der Waals surface area contributed by atoms with Crippen LogP contribution < -0.4 is 10.1 Å². The highest BCUT2D eigenvalue weighted by atomic mass is 35.5. The molecule has 1 fully saturated rings. The lowest BCUT2D eigenvalue weighted by atomic mass is 9.96. The minimum Gasteiger partial charge on any atom is -0.484 e. The molecule has 3 heterocycles. The number of aromatic nitrogens is 4. The van der Waals surface area contributed by atoms with Gasteiger partial charge in [0.1, 0.15) is 18.2 Å². The number of amides is 1. The van der Waals surface area contributed by atoms with E-state index in [0.29, 0.717) is 28.0 Å². The Morgan fingerprint density at radius 1 is 1.27 bits per heavy atom. The van der Waals surface area contributed by atoms with Gasteiger partial charge in [-0.15, -0.1) is 0 Å². The van der Waals surface area contributed by atoms with Crippen molar-refractivity contribution < 1.29 is 9.53 Å². The summed E-state index contributed by atoms with van der Waals surface area (Å²) < 4.78 is 10.1. The molecule has 0 bridgehead atoms. The predicted octanol–water partition coefficient (Wildman–Crippen LogP) is 4.20. The van der Waals surface area contributed by atoms with Gasteiger partial charge in [-0.1, -0.05) is 23.7 Å². The minimum atomic E-state index is -0.0279. The molecule has 0 saturated carbocycles. The van der Waals surface area contributed by atoms with E-state index in [1.807, 2.05) is 48.9 Å². The predicted molar refractivity (Wildman–Crippen MR) is 130 cm³/mol. The summed E-state index contributed by atoms with van der Waals surface area (Å²) >= 11 is 11.7. The smallest absolute Gasteiger partial charge is 0.228 e. The standard InChI is InChI=1S/C23H27ClN6O2S/c1-16-7-10-25-20(13-16)26-22(31)17-8-11-29(12-9-17)15-30-23(33)28(2)21(27-30)14-32-19-6-4-3-5-18(19)24/h3-7,10,13,17H,8-9,11-12,14-15H2,1-2H3,(H,25,26,31). The zero-order valence-electron chi connectivity index (χ0n) is 18.7. The van der Waals surface area contributed by atoms with Crippen LogP contribution in [0.1, 0.15) is 24.2 Å². The van der Waals surface area contributed by atoms with E-state index in [4.69, 9.17) is 28.6 Å². The van der Waals surface area contributed by atoms with Crippen molar-refractivity contribution in [1.82, 2.24) is 24.2 Å². The lowest BCUT2D eigenvalue weighted by molar-refractivity contribution is -0.121. The normalized spacial score (nSPS) is 14.9. The second-order valence-corrected chi connectivity index (χ2v) is 8.99. The molecule has 1 aromatic carbocycles. The molecule has 174 valence electrons. The highest BCUT2D eigenvalue weighted by Gasteiger charge is 2.26. The minimum absolute atomic E-state index is 0.0279. The van der Waals surface area contributed by atoms with Gasteiger partial charge in [-0.3, -0.25) is 9.69 Å². The molecule has 0 unspecified atom stereocenters. The average Bonchev–Trinajstić information content (AvgIpc) is 3.07. The number of carbonyl (C=O) groups excluding carboxylic acids is 1. The van der Waals surface area contributed by atoms with E-state index in [1.165, 1.54) is 0 Å². The summed E-state index contributed by atoms with van der Waals surface area (Å²) in [4.78, 5) is 19.1. The molecule has 1 saturated heterocycles. The van der Waals surface area contributed by atoms with Gasteiger partial charge >= 0.3 is 0 Å². The van der Waals surface area contributed by atoms with Crippen LogP contribution in [0.4, 0.5) is 5.82 Å². The lowest BCUT2D eigenvalue weighted by Gasteiger charge is -2.30. The van der Waals surface area contributed by atoms with Crippen molar-refractivity contribution >= 4 is 35.5 Å². The number of likely N-dealkylation sites (tertiary alicyclic amines) is 1. The third kappa shape index (κ3) is 5.79. The Hall–Kier alpha value is -2.75. The van der Waals surface area contributed by atoms with Gasteiger partial charge < -0.3 is 14.6 Å². The van der Waals surface area contributed by atoms with Crippen LogP contribution in [-0.2, 0) is 25.1 Å². The Balaban J connectivity index is 1.31. The zero-order valence-corrected chi connectivity index (χ0v) is 20.3. The third-order valence-electron chi connectivity index (χ3n) is 5.78. The Morgan fingerprint density at radius 2 is 2.03 bits per heavy atom. The summed E-state index contributed by atoms with van der Waals surface area (Å²) in [6, 6.07) is 11.1. The van der Waals surface area contributed by atoms with E-state index >= 15 is 0 Å². The summed E-state index contributed by atoms with van der Waals surface area (Å²) in [5.74, 6) is 1.94. The van der Waals surface area contributed by atoms with Crippen molar-refractivity contribution in [3.05, 3.63) is 63.8 Å². The van der Waals surface area contributed by atoms with E-state index in [2.05, 4.69) is 20.3 Å². The van der Waals surface area contributed by atoms with Crippen molar-refractivity contribution in [3.8, 4) is 5.75 Å². The zero-order chi connectivity index (χ0) is 23.4. The number of pyridine rings is 1. The molecule has 8 nitrogen and oxygen atoms in total. The van der Waals surface area contributed by atoms with Crippen LogP contribution in [0.2, 0.25) is 5.02 Å². The number of carbonyl (C=O) groups is 1. The first-order valence-electron chi connectivity index (χ1n) is 10.9. The number of nitrogens with zero attached hydrogens (tertiary/aromatic N) is 5. The molecular formula is C23H27ClN6O2S. The number of hydrogen-bond donors (Lipinski definition) is 1. The van der Waals surface area contributed by atoms with Gasteiger partial charge in [0.05, 0.1) is 11.7 Å². The van der Waals surface area contributed by atoms with Crippen LogP contribution in [0, 0.1) is 17.6 Å². The first-order chi connectivity index (χ1) is 15.9. The quantitative estimate of drug-likeness (QED) is 0.504. The molecule has 0 spiro atoms. The number of halogens is 1. The van der Waals surface area contributed by atoms with Crippen molar-refractivity contribution in [3.63, 3.8) is 0 Å². The summed E-state index contributed by atoms with van der Waals surface area (Å²) in [6.07, 6.45) is 3.26. The van der Waals surface area contributed by atoms with E-state index in [9.17, 15) is 4.79 Å². The first-order valence-corrected chi connectivity index (χ1v) is 11.7. The Kier molecular flexibility index (Phi) is 7.42. The van der Waals surface area contributed by atoms with Crippen molar-refractivity contribution in [2.24, 2.45) is 13.0 Å². The molecule has 1 amide bonds. The maximum Gasteiger partial charge on any atom is 0.228 e. The Labute approximate surface area is 203 Å². The van der Waals surface area contributed by atoms with Crippen LogP contribution in [0.15, 0.2) is 42.6 Å². The van der Waals surface area contributed by atoms with Gasteiger partial charge in [-0.2, -0.15) is 5.10 Å². The second kappa shape index (κ2) is 10.5. The largest absolute Gasteiger partial charge is 0.484 e. The van der Waals surface area contributed by atoms with Gasteiger partial charge in [0.2, 0.25) is 5.91 Å². The maximum atomic E-state index is 12.6. The molecule has 2 aromatic heterocycles. The van der Waals surface area contributed by atoms with Crippen molar-refractivity contribution in [2.75, 3.05) is 18.4 Å². The average molecular weight is 487 g/mol. The van der Waals surface area contributed by atoms with E-state index in [-0.39, 0.29) is 18.4 Å². The van der Waals surface area contributed by atoms with Gasteiger partial charge in [0, 0.05) is 32.3 Å². The summed E-state index contributed by atoms with van der Waals surface area (Å²) in [6.45, 7) is 4.41. The molecule has 0 radical (unpaired) electrons. The Bertz CT molecular complexity index is 1190. The summed E-state index contributed by atoms with van der Waals surface area (Å²) in [7, 11) is 1.88. The monoisotopic (exact) mass is 486 g/mol. The van der Waals surface area contributed by atoms with Gasteiger partial charge in [-0.25, -0.2) is 9.67 Å². The lowest BCUT2D eigenvalue weighted by Crippen LogP contribution is -2.39. The highest BCUT2D eigenvalue weighted by Crippen LogP contribution is 2.24. The van der Waals surface area contributed by atoms with Crippen LogP contribution in [-0.4, -0.2) is 43.2 Å². The Morgan fingerprint density at radius 3 is 2.76 bits per heavy atom. The number of aryl methyl sites for hydroxylation is 1. The third-order valence-corrected chi connectivity index (χ3v) is 6.58. The number of rotatable bonds is 7. The molecule has 1 aliphatic rings. The highest BCUT2D eigenvalue weighted by molar-refractivity contribution is 7.71. The van der Waals surface area contributed by atoms with Crippen LogP contribution >= 0.6 is 23.8 Å². The second-order valence-electron chi connectivity index (χ2n) is 8.22. The molecule has 1 aliphatic heterocycles. The van der Waals surface area contributed by atoms with Gasteiger partial charge in [0.15, 0.2) is 10.6 Å². The topological polar surface area (TPSA) is 77.2 Å². The number of para-hydroxylation sites is 1. The number of nitrogens with one attached hydrogen (secondary N) is 1. The van der Waals surface area contributed by atoms with Crippen LogP contribution in [0.3, 0.4) is 0 Å². The number of hydrogen-bond acceptors (Lipinski definition) is 6. The van der Waals surface area contributed by atoms with Gasteiger partial charge in [-0.05, 0) is 61.8 Å². The summed E-state index contributed by atoms with van der Waals surface area (Å²) in [5, 5.41) is 8.14. The molecule has 0 aliphatic carbocycles. The molecule has 3 aromatic rings. The molecule has 0 atom stereocenters. The fourth-order valence-corrected chi connectivity index (χ4v) is 4.21. The van der Waals surface area contributed by atoms with Gasteiger partial charge in [0.25, 0.3) is 0 Å². The number of benzene rings is 1. The first kappa shape index (κ1) is 23.4. The SMILES string of the molecule is Cc1ccnc(NC(=O)C2CCN(Cn3nc(COc4ccccc4Cl)n(C)c3=S)CC2)c1. The fraction of sp³-hybridized carbons (Fsp3) is 0.391. The molecule has 33 heavy (non-hydrogen) atoms. The van der Waals surface area contributed by atoms with Crippen LogP contribution in [0.25, 0.3) is 0 Å². The van der Waals surface area contributed by atoms with Crippen LogP contribution in [0.5, 0.6) is 5.75 Å².